The van der Waals surface area contributed by atoms with E-state index < -0.39 is 5.60 Å². The first-order chi connectivity index (χ1) is 12.9. The van der Waals surface area contributed by atoms with Gasteiger partial charge in [0.2, 0.25) is 0 Å². The van der Waals surface area contributed by atoms with Crippen molar-refractivity contribution in [2.45, 2.75) is 32.4 Å². The van der Waals surface area contributed by atoms with E-state index in [1.165, 1.54) is 0 Å². The van der Waals surface area contributed by atoms with E-state index in [1.54, 1.807) is 12.0 Å². The fraction of sp³-hybridized carbons (Fsp3) is 0.526. The maximum absolute atomic E-state index is 12.3. The second-order valence-electron chi connectivity index (χ2n) is 7.54. The highest BCUT2D eigenvalue weighted by Crippen LogP contribution is 2.28. The molecule has 1 N–H and O–H groups in total. The van der Waals surface area contributed by atoms with Gasteiger partial charge in [0.15, 0.2) is 5.82 Å². The van der Waals surface area contributed by atoms with E-state index in [9.17, 15) is 4.79 Å². The molecule has 8 heteroatoms. The molecule has 27 heavy (non-hydrogen) atoms. The quantitative estimate of drug-likeness (QED) is 0.886. The molecule has 1 aromatic heterocycles. The molecule has 0 spiro atoms. The molecule has 0 aliphatic carbocycles. The van der Waals surface area contributed by atoms with Crippen molar-refractivity contribution in [2.24, 2.45) is 0 Å². The number of rotatable bonds is 4. The summed E-state index contributed by atoms with van der Waals surface area (Å²) < 4.78 is 10.6. The van der Waals surface area contributed by atoms with Crippen LogP contribution in [0, 0.1) is 0 Å². The Bertz CT molecular complexity index is 748. The molecule has 1 aliphatic rings. The molecule has 146 valence electrons. The highest BCUT2D eigenvalue weighted by Gasteiger charge is 2.32. The van der Waals surface area contributed by atoms with Crippen molar-refractivity contribution in [3.8, 4) is 6.01 Å². The molecular formula is C19H27N5O3. The number of benzene rings is 1. The molecule has 0 saturated carbocycles. The molecule has 3 rings (SSSR count). The molecule has 0 radical (unpaired) electrons. The summed E-state index contributed by atoms with van der Waals surface area (Å²) in [4.78, 5) is 19.5. The number of aromatic nitrogens is 3. The molecule has 1 saturated heterocycles. The van der Waals surface area contributed by atoms with E-state index in [1.807, 2.05) is 39.0 Å². The molecule has 2 aromatic rings. The van der Waals surface area contributed by atoms with Crippen LogP contribution in [0.15, 0.2) is 30.3 Å². The van der Waals surface area contributed by atoms with Gasteiger partial charge in [0.05, 0.1) is 13.2 Å². The van der Waals surface area contributed by atoms with Crippen LogP contribution in [0.25, 0.3) is 0 Å². The summed E-state index contributed by atoms with van der Waals surface area (Å²) in [7, 11) is 1.56. The number of methoxy groups -OCH3 is 1. The van der Waals surface area contributed by atoms with Crippen LogP contribution in [-0.4, -0.2) is 70.0 Å². The Morgan fingerprint density at radius 3 is 2.33 bits per heavy atom. The first kappa shape index (κ1) is 19.2. The van der Waals surface area contributed by atoms with Crippen LogP contribution >= 0.6 is 0 Å². The van der Waals surface area contributed by atoms with Gasteiger partial charge in [0, 0.05) is 26.2 Å². The predicted molar refractivity (Wildman–Crippen MR) is 101 cm³/mol. The molecule has 1 atom stereocenters. The van der Waals surface area contributed by atoms with Crippen molar-refractivity contribution < 1.29 is 14.3 Å². The molecular weight excluding hydrogens is 346 g/mol. The van der Waals surface area contributed by atoms with E-state index in [0.29, 0.717) is 32.2 Å². The van der Waals surface area contributed by atoms with Crippen molar-refractivity contribution in [2.75, 3.05) is 33.3 Å². The third-order valence-corrected chi connectivity index (χ3v) is 4.38. The third kappa shape index (κ3) is 4.77. The van der Waals surface area contributed by atoms with E-state index in [0.717, 1.165) is 11.4 Å². The van der Waals surface area contributed by atoms with Crippen molar-refractivity contribution in [3.63, 3.8) is 0 Å². The molecule has 8 nitrogen and oxygen atoms in total. The second-order valence-corrected chi connectivity index (χ2v) is 7.54. The van der Waals surface area contributed by atoms with Gasteiger partial charge in [-0.2, -0.15) is 0 Å². The average Bonchev–Trinajstić information content (AvgIpc) is 3.11. The summed E-state index contributed by atoms with van der Waals surface area (Å²) >= 11 is 0. The number of H-pyrrole nitrogens is 1. The number of carbonyl (C=O) groups is 1. The minimum absolute atomic E-state index is 0.0802. The number of nitrogens with zero attached hydrogens (tertiary/aromatic N) is 4. The van der Waals surface area contributed by atoms with Crippen LogP contribution in [0.5, 0.6) is 6.01 Å². The number of nitrogens with one attached hydrogen (secondary N) is 1. The Balaban J connectivity index is 1.74. The van der Waals surface area contributed by atoms with E-state index in [4.69, 9.17) is 9.47 Å². The summed E-state index contributed by atoms with van der Waals surface area (Å²) in [6.45, 7) is 8.26. The minimum Gasteiger partial charge on any atom is -0.467 e. The summed E-state index contributed by atoms with van der Waals surface area (Å²) in [6.07, 6.45) is -0.264. The smallest absolute Gasteiger partial charge is 0.410 e. The second kappa shape index (κ2) is 7.96. The standard InChI is InChI=1S/C19H27N5O3/c1-19(2,3)27-18(25)24-12-10-23(11-13-24)15(14-8-6-5-7-9-14)16-20-17(26-4)22-21-16/h5-9,15H,10-13H2,1-4H3,(H,20,21,22). The van der Waals surface area contributed by atoms with Gasteiger partial charge < -0.3 is 14.4 Å². The van der Waals surface area contributed by atoms with Crippen molar-refractivity contribution in [3.05, 3.63) is 41.7 Å². The van der Waals surface area contributed by atoms with E-state index in [-0.39, 0.29) is 12.1 Å². The number of amides is 1. The predicted octanol–water partition coefficient (Wildman–Crippen LogP) is 2.46. The lowest BCUT2D eigenvalue weighted by Crippen LogP contribution is -2.51. The van der Waals surface area contributed by atoms with Crippen LogP contribution < -0.4 is 4.74 Å². The first-order valence-electron chi connectivity index (χ1n) is 9.11. The Kier molecular flexibility index (Phi) is 5.65. The topological polar surface area (TPSA) is 83.6 Å². The SMILES string of the molecule is COc1nnc(C(c2ccccc2)N2CCN(C(=O)OC(C)(C)C)CC2)[nH]1. The van der Waals surface area contributed by atoms with Crippen LogP contribution in [0.1, 0.15) is 38.2 Å². The molecule has 1 fully saturated rings. The van der Waals surface area contributed by atoms with Gasteiger partial charge in [-0.25, -0.2) is 4.79 Å². The maximum atomic E-state index is 12.3. The summed E-state index contributed by atoms with van der Waals surface area (Å²) in [5, 5.41) is 8.28. The number of hydrogen-bond donors (Lipinski definition) is 1. The van der Waals surface area contributed by atoms with Gasteiger partial charge in [-0.15, -0.1) is 5.10 Å². The van der Waals surface area contributed by atoms with Gasteiger partial charge in [0.25, 0.3) is 0 Å². The van der Waals surface area contributed by atoms with Crippen LogP contribution in [0.2, 0.25) is 0 Å². The molecule has 1 unspecified atom stereocenters. The average molecular weight is 373 g/mol. The van der Waals surface area contributed by atoms with Gasteiger partial charge in [-0.1, -0.05) is 35.4 Å². The molecule has 1 amide bonds. The Labute approximate surface area is 159 Å². The lowest BCUT2D eigenvalue weighted by Gasteiger charge is -2.38. The summed E-state index contributed by atoms with van der Waals surface area (Å²) in [5.41, 5.74) is 0.624. The van der Waals surface area contributed by atoms with Crippen molar-refractivity contribution in [1.29, 1.82) is 0 Å². The van der Waals surface area contributed by atoms with Crippen LogP contribution in [0.3, 0.4) is 0 Å². The van der Waals surface area contributed by atoms with E-state index >= 15 is 0 Å². The number of hydrogen-bond acceptors (Lipinski definition) is 6. The lowest BCUT2D eigenvalue weighted by atomic mass is 10.0. The monoisotopic (exact) mass is 373 g/mol. The fourth-order valence-electron chi connectivity index (χ4n) is 3.14. The Morgan fingerprint density at radius 2 is 1.78 bits per heavy atom. The Hall–Kier alpha value is -2.61. The normalized spacial score (nSPS) is 16.8. The molecule has 2 heterocycles. The largest absolute Gasteiger partial charge is 0.467 e. The van der Waals surface area contributed by atoms with Gasteiger partial charge in [-0.05, 0) is 26.3 Å². The molecule has 1 aromatic carbocycles. The number of aromatic amines is 1. The van der Waals surface area contributed by atoms with Crippen LogP contribution in [-0.2, 0) is 4.74 Å². The highest BCUT2D eigenvalue weighted by molar-refractivity contribution is 5.68. The van der Waals surface area contributed by atoms with Gasteiger partial charge in [0.1, 0.15) is 5.60 Å². The van der Waals surface area contributed by atoms with Gasteiger partial charge >= 0.3 is 12.1 Å². The molecule has 1 aliphatic heterocycles. The number of carbonyl (C=O) groups excluding carboxylic acids is 1. The minimum atomic E-state index is -0.489. The third-order valence-electron chi connectivity index (χ3n) is 4.38. The lowest BCUT2D eigenvalue weighted by molar-refractivity contribution is 0.0116. The zero-order valence-corrected chi connectivity index (χ0v) is 16.3. The zero-order chi connectivity index (χ0) is 19.4. The summed E-state index contributed by atoms with van der Waals surface area (Å²) in [5.74, 6) is 0.726. The highest BCUT2D eigenvalue weighted by atomic mass is 16.6. The first-order valence-corrected chi connectivity index (χ1v) is 9.11. The fourth-order valence-corrected chi connectivity index (χ4v) is 3.14. The molecule has 0 bridgehead atoms. The van der Waals surface area contributed by atoms with Gasteiger partial charge in [-0.3, -0.25) is 9.88 Å². The van der Waals surface area contributed by atoms with Crippen LogP contribution in [0.4, 0.5) is 4.79 Å². The van der Waals surface area contributed by atoms with E-state index in [2.05, 4.69) is 32.2 Å². The Morgan fingerprint density at radius 1 is 1.11 bits per heavy atom. The van der Waals surface area contributed by atoms with Crippen molar-refractivity contribution in [1.82, 2.24) is 25.0 Å². The number of piperazine rings is 1. The zero-order valence-electron chi connectivity index (χ0n) is 16.3. The summed E-state index contributed by atoms with van der Waals surface area (Å²) in [6, 6.07) is 10.4. The maximum Gasteiger partial charge on any atom is 0.410 e. The van der Waals surface area contributed by atoms with Crippen molar-refractivity contribution >= 4 is 6.09 Å². The number of ether oxygens (including phenoxy) is 2.